The molecule has 106 valence electrons. The van der Waals surface area contributed by atoms with Gasteiger partial charge in [0.1, 0.15) is 5.75 Å². The summed E-state index contributed by atoms with van der Waals surface area (Å²) in [6.45, 7) is 1.91. The van der Waals surface area contributed by atoms with Crippen LogP contribution in [0.3, 0.4) is 0 Å². The fourth-order valence-corrected chi connectivity index (χ4v) is 2.24. The number of hydrogen-bond donors (Lipinski definition) is 2. The second-order valence-electron chi connectivity index (χ2n) is 4.23. The summed E-state index contributed by atoms with van der Waals surface area (Å²) in [6.07, 6.45) is 1.87. The van der Waals surface area contributed by atoms with Gasteiger partial charge in [-0.3, -0.25) is 4.68 Å². The highest BCUT2D eigenvalue weighted by Gasteiger charge is 2.06. The zero-order valence-electron chi connectivity index (χ0n) is 11.4. The molecule has 1 aromatic carbocycles. The quantitative estimate of drug-likeness (QED) is 0.853. The van der Waals surface area contributed by atoms with Crippen molar-refractivity contribution >= 4 is 40.3 Å². The van der Waals surface area contributed by atoms with Crippen LogP contribution in [0.2, 0.25) is 5.02 Å². The molecular weight excluding hydrogens is 296 g/mol. The number of hydrogen-bond acceptors (Lipinski definition) is 3. The van der Waals surface area contributed by atoms with E-state index in [1.54, 1.807) is 23.9 Å². The lowest BCUT2D eigenvalue weighted by molar-refractivity contribution is 0.415. The average Bonchev–Trinajstić information content (AvgIpc) is 2.68. The van der Waals surface area contributed by atoms with Gasteiger partial charge in [0.05, 0.1) is 23.5 Å². The minimum atomic E-state index is 0.474. The lowest BCUT2D eigenvalue weighted by Gasteiger charge is -2.11. The van der Waals surface area contributed by atoms with E-state index in [9.17, 15) is 0 Å². The molecule has 2 N–H and O–H groups in total. The highest BCUT2D eigenvalue weighted by atomic mass is 35.5. The van der Waals surface area contributed by atoms with Crippen molar-refractivity contribution in [3.05, 3.63) is 35.1 Å². The summed E-state index contributed by atoms with van der Waals surface area (Å²) in [6, 6.07) is 5.38. The summed E-state index contributed by atoms with van der Waals surface area (Å²) in [5.74, 6) is 0.624. The maximum Gasteiger partial charge on any atom is 0.175 e. The lowest BCUT2D eigenvalue weighted by Crippen LogP contribution is -2.19. The second-order valence-corrected chi connectivity index (χ2v) is 5.05. The van der Waals surface area contributed by atoms with E-state index >= 15 is 0 Å². The van der Waals surface area contributed by atoms with Crippen molar-refractivity contribution < 1.29 is 4.74 Å². The maximum atomic E-state index is 6.06. The number of aromatic nitrogens is 2. The number of benzene rings is 1. The third kappa shape index (κ3) is 3.40. The Morgan fingerprint density at radius 2 is 2.15 bits per heavy atom. The van der Waals surface area contributed by atoms with Gasteiger partial charge in [0, 0.05) is 18.9 Å². The van der Waals surface area contributed by atoms with E-state index in [-0.39, 0.29) is 0 Å². The predicted octanol–water partition coefficient (Wildman–Crippen LogP) is 3.20. The molecule has 0 atom stereocenters. The first-order valence-corrected chi connectivity index (χ1v) is 6.70. The van der Waals surface area contributed by atoms with Gasteiger partial charge in [-0.2, -0.15) is 5.10 Å². The number of nitrogens with one attached hydrogen (secondary N) is 2. The zero-order valence-corrected chi connectivity index (χ0v) is 13.0. The first kappa shape index (κ1) is 14.6. The van der Waals surface area contributed by atoms with Crippen molar-refractivity contribution in [3.8, 4) is 5.75 Å². The van der Waals surface area contributed by atoms with E-state index in [1.807, 2.05) is 26.2 Å². The minimum absolute atomic E-state index is 0.474. The van der Waals surface area contributed by atoms with Crippen LogP contribution in [-0.2, 0) is 7.05 Å². The highest BCUT2D eigenvalue weighted by Crippen LogP contribution is 2.27. The van der Waals surface area contributed by atoms with Crippen molar-refractivity contribution in [3.63, 3.8) is 0 Å². The zero-order chi connectivity index (χ0) is 14.7. The Morgan fingerprint density at radius 1 is 1.40 bits per heavy atom. The first-order valence-electron chi connectivity index (χ1n) is 5.91. The Labute approximate surface area is 127 Å². The van der Waals surface area contributed by atoms with Gasteiger partial charge in [-0.15, -0.1) is 0 Å². The number of methoxy groups -OCH3 is 1. The number of ether oxygens (including phenoxy) is 1. The Morgan fingerprint density at radius 3 is 2.70 bits per heavy atom. The third-order valence-corrected chi connectivity index (χ3v) is 3.17. The monoisotopic (exact) mass is 310 g/mol. The van der Waals surface area contributed by atoms with Crippen LogP contribution in [0.1, 0.15) is 5.69 Å². The molecule has 0 unspecified atom stereocenters. The normalized spacial score (nSPS) is 10.2. The fourth-order valence-electron chi connectivity index (χ4n) is 1.75. The Kier molecular flexibility index (Phi) is 4.46. The Bertz CT molecular complexity index is 641. The molecule has 0 saturated carbocycles. The molecule has 2 rings (SSSR count). The Hall–Kier alpha value is -1.79. The molecule has 1 heterocycles. The highest BCUT2D eigenvalue weighted by molar-refractivity contribution is 7.80. The maximum absolute atomic E-state index is 6.06. The molecule has 0 aliphatic rings. The molecule has 0 radical (unpaired) electrons. The standard InChI is InChI=1S/C13H15ClN4OS/c1-8-11(7-18(2)17-8)16-13(20)15-9-4-5-12(19-3)10(14)6-9/h4-7H,1-3H3,(H2,15,16,20). The number of aryl methyl sites for hydroxylation is 2. The SMILES string of the molecule is COc1ccc(NC(=S)Nc2cn(C)nc2C)cc1Cl. The van der Waals surface area contributed by atoms with Crippen molar-refractivity contribution in [2.75, 3.05) is 17.7 Å². The summed E-state index contributed by atoms with van der Waals surface area (Å²) in [4.78, 5) is 0. The van der Waals surface area contributed by atoms with Gasteiger partial charge in [-0.25, -0.2) is 0 Å². The third-order valence-electron chi connectivity index (χ3n) is 2.67. The number of thiocarbonyl (C=S) groups is 1. The van der Waals surface area contributed by atoms with Crippen molar-refractivity contribution in [2.45, 2.75) is 6.92 Å². The fraction of sp³-hybridized carbons (Fsp3) is 0.231. The summed E-state index contributed by atoms with van der Waals surface area (Å²) in [5.41, 5.74) is 2.53. The largest absolute Gasteiger partial charge is 0.495 e. The molecule has 20 heavy (non-hydrogen) atoms. The van der Waals surface area contributed by atoms with Gasteiger partial charge >= 0.3 is 0 Å². The molecular formula is C13H15ClN4OS. The summed E-state index contributed by atoms with van der Waals surface area (Å²) < 4.78 is 6.83. The number of anilines is 2. The molecule has 0 aliphatic carbocycles. The summed E-state index contributed by atoms with van der Waals surface area (Å²) >= 11 is 11.3. The molecule has 0 bridgehead atoms. The molecule has 0 aliphatic heterocycles. The molecule has 2 aromatic rings. The van der Waals surface area contributed by atoms with Gasteiger partial charge in [-0.1, -0.05) is 11.6 Å². The molecule has 7 heteroatoms. The topological polar surface area (TPSA) is 51.1 Å². The molecule has 5 nitrogen and oxygen atoms in total. The minimum Gasteiger partial charge on any atom is -0.495 e. The summed E-state index contributed by atoms with van der Waals surface area (Å²) in [5, 5.41) is 11.4. The molecule has 0 spiro atoms. The van der Waals surface area contributed by atoms with E-state index < -0.39 is 0 Å². The van der Waals surface area contributed by atoms with Crippen molar-refractivity contribution in [1.82, 2.24) is 9.78 Å². The van der Waals surface area contributed by atoms with E-state index in [0.29, 0.717) is 15.9 Å². The van der Waals surface area contributed by atoms with Crippen LogP contribution in [0.4, 0.5) is 11.4 Å². The second kappa shape index (κ2) is 6.11. The van der Waals surface area contributed by atoms with E-state index in [4.69, 9.17) is 28.6 Å². The predicted molar refractivity (Wildman–Crippen MR) is 85.8 cm³/mol. The van der Waals surface area contributed by atoms with Gasteiger partial charge in [-0.05, 0) is 37.3 Å². The van der Waals surface area contributed by atoms with Crippen LogP contribution in [0, 0.1) is 6.92 Å². The molecule has 0 fully saturated rings. The van der Waals surface area contributed by atoms with Crippen LogP contribution < -0.4 is 15.4 Å². The molecule has 0 saturated heterocycles. The van der Waals surface area contributed by atoms with Crippen LogP contribution in [0.5, 0.6) is 5.75 Å². The van der Waals surface area contributed by atoms with Crippen LogP contribution in [0.15, 0.2) is 24.4 Å². The van der Waals surface area contributed by atoms with Gasteiger partial charge in [0.2, 0.25) is 0 Å². The number of rotatable bonds is 3. The van der Waals surface area contributed by atoms with Gasteiger partial charge < -0.3 is 15.4 Å². The first-order chi connectivity index (χ1) is 9.49. The molecule has 0 amide bonds. The van der Waals surface area contributed by atoms with Crippen molar-refractivity contribution in [1.29, 1.82) is 0 Å². The van der Waals surface area contributed by atoms with Gasteiger partial charge in [0.15, 0.2) is 5.11 Å². The van der Waals surface area contributed by atoms with Crippen LogP contribution in [-0.4, -0.2) is 22.0 Å². The average molecular weight is 311 g/mol. The van der Waals surface area contributed by atoms with Crippen LogP contribution in [0.25, 0.3) is 0 Å². The number of nitrogens with zero attached hydrogens (tertiary/aromatic N) is 2. The van der Waals surface area contributed by atoms with Crippen LogP contribution >= 0.6 is 23.8 Å². The Balaban J connectivity index is 2.04. The lowest BCUT2D eigenvalue weighted by atomic mass is 10.3. The summed E-state index contributed by atoms with van der Waals surface area (Å²) in [7, 11) is 3.43. The molecule has 1 aromatic heterocycles. The van der Waals surface area contributed by atoms with Crippen molar-refractivity contribution in [2.24, 2.45) is 7.05 Å². The smallest absolute Gasteiger partial charge is 0.175 e. The van der Waals surface area contributed by atoms with E-state index in [2.05, 4.69) is 15.7 Å². The van der Waals surface area contributed by atoms with Gasteiger partial charge in [0.25, 0.3) is 0 Å². The van der Waals surface area contributed by atoms with E-state index in [0.717, 1.165) is 17.1 Å². The van der Waals surface area contributed by atoms with E-state index in [1.165, 1.54) is 0 Å². The number of halogens is 1.